The van der Waals surface area contributed by atoms with E-state index < -0.39 is 31.9 Å². The Morgan fingerprint density at radius 3 is 2.08 bits per heavy atom. The third-order valence-electron chi connectivity index (χ3n) is 6.31. The van der Waals surface area contributed by atoms with Gasteiger partial charge < -0.3 is 0 Å². The molecular weight excluding hydrogens is 669 g/mol. The van der Waals surface area contributed by atoms with E-state index >= 15 is 0 Å². The molecule has 0 heterocycles. The van der Waals surface area contributed by atoms with Gasteiger partial charge in [-0.15, -0.1) is 0 Å². The average Bonchev–Trinajstić information content (AvgIpc) is 3.09. The summed E-state index contributed by atoms with van der Waals surface area (Å²) in [4.78, 5) is 22.0. The second-order valence-electron chi connectivity index (χ2n) is 10.1. The Balaban J connectivity index is 0.000000266. The number of hydrogen-bond donors (Lipinski definition) is 6. The highest BCUT2D eigenvalue weighted by Gasteiger charge is 2.15. The van der Waals surface area contributed by atoms with Crippen LogP contribution in [0.5, 0.6) is 0 Å². The molecule has 0 aliphatic heterocycles. The summed E-state index contributed by atoms with van der Waals surface area (Å²) in [5.74, 6) is 3.91. The minimum absolute atomic E-state index is 0.0814. The van der Waals surface area contributed by atoms with Gasteiger partial charge in [-0.3, -0.25) is 24.7 Å². The molecule has 12 nitrogen and oxygen atoms in total. The minimum atomic E-state index is -3.73. The highest BCUT2D eigenvalue weighted by Crippen LogP contribution is 2.18. The van der Waals surface area contributed by atoms with Gasteiger partial charge >= 0.3 is 0 Å². The predicted octanol–water partition coefficient (Wildman–Crippen LogP) is 3.94. The van der Waals surface area contributed by atoms with Crippen LogP contribution in [0.15, 0.2) is 131 Å². The predicted molar refractivity (Wildman–Crippen MR) is 185 cm³/mol. The highest BCUT2D eigenvalue weighted by molar-refractivity contribution is 7.92. The van der Waals surface area contributed by atoms with Gasteiger partial charge in [0.05, 0.1) is 9.79 Å². The standard InChI is InChI=1S/C18H16N2O4S.C17H18N2O4S/c1-14-6-4-9-16(12-14)20-25(23,24)17-10-5-8-15(13-17)7-2-3-11-18(21)19-22;20-17(19-21)10-9-15-7-4-8-16(13-15)24(22,23)18-12-11-14-5-2-1-3-6-14/h3-6,8-13,20,22H,1H3,(H,19,21);1-10,13,18,21H,11-12H2,(H,19,20)/b11-3+;10-9+. The van der Waals surface area contributed by atoms with Crippen molar-refractivity contribution < 1.29 is 36.8 Å². The zero-order valence-corrected chi connectivity index (χ0v) is 27.8. The third kappa shape index (κ3) is 13.2. The van der Waals surface area contributed by atoms with Crippen LogP contribution in [0.2, 0.25) is 0 Å². The number of anilines is 1. The summed E-state index contributed by atoms with van der Waals surface area (Å²) in [6.45, 7) is 2.16. The second-order valence-corrected chi connectivity index (χ2v) is 13.5. The van der Waals surface area contributed by atoms with E-state index in [1.54, 1.807) is 42.5 Å². The number of aryl methyl sites for hydroxylation is 1. The van der Waals surface area contributed by atoms with Crippen LogP contribution in [0.3, 0.4) is 0 Å². The average molecular weight is 703 g/mol. The van der Waals surface area contributed by atoms with E-state index in [4.69, 9.17) is 10.4 Å². The maximum atomic E-state index is 12.5. The van der Waals surface area contributed by atoms with Gasteiger partial charge in [0.1, 0.15) is 0 Å². The number of sulfonamides is 2. The van der Waals surface area contributed by atoms with E-state index in [0.717, 1.165) is 23.3 Å². The number of allylic oxidation sites excluding steroid dienone is 1. The number of rotatable bonds is 11. The van der Waals surface area contributed by atoms with Crippen LogP contribution in [0.1, 0.15) is 22.3 Å². The van der Waals surface area contributed by atoms with Crippen LogP contribution >= 0.6 is 0 Å². The number of carbonyl (C=O) groups is 2. The van der Waals surface area contributed by atoms with E-state index in [1.807, 2.05) is 43.3 Å². The first-order valence-corrected chi connectivity index (χ1v) is 17.5. The molecular formula is C35H34N4O8S2. The Bertz CT molecular complexity index is 2090. The van der Waals surface area contributed by atoms with Gasteiger partial charge in [-0.05, 0) is 84.7 Å². The van der Waals surface area contributed by atoms with Crippen molar-refractivity contribution in [1.82, 2.24) is 15.7 Å². The van der Waals surface area contributed by atoms with Crippen molar-refractivity contribution in [3.63, 3.8) is 0 Å². The van der Waals surface area contributed by atoms with Crippen LogP contribution < -0.4 is 20.4 Å². The summed E-state index contributed by atoms with van der Waals surface area (Å²) in [5.41, 5.74) is 6.38. The molecule has 0 unspecified atom stereocenters. The Labute approximate surface area is 285 Å². The first-order chi connectivity index (χ1) is 23.4. The molecule has 0 saturated carbocycles. The van der Waals surface area contributed by atoms with E-state index in [2.05, 4.69) is 21.3 Å². The molecule has 0 bridgehead atoms. The van der Waals surface area contributed by atoms with Gasteiger partial charge in [0.25, 0.3) is 21.8 Å². The molecule has 0 aliphatic carbocycles. The summed E-state index contributed by atoms with van der Waals surface area (Å²) in [6.07, 6.45) is 5.41. The monoisotopic (exact) mass is 702 g/mol. The van der Waals surface area contributed by atoms with E-state index in [0.29, 0.717) is 29.8 Å². The maximum Gasteiger partial charge on any atom is 0.267 e. The normalized spacial score (nSPS) is 11.2. The number of carbonyl (C=O) groups excluding carboxylic acids is 2. The van der Waals surface area contributed by atoms with Crippen molar-refractivity contribution in [2.24, 2.45) is 0 Å². The van der Waals surface area contributed by atoms with Gasteiger partial charge in [0.15, 0.2) is 0 Å². The maximum absolute atomic E-state index is 12.5. The number of amides is 2. The fourth-order valence-electron chi connectivity index (χ4n) is 4.00. The fraction of sp³-hybridized carbons (Fsp3) is 0.0857. The smallest absolute Gasteiger partial charge is 0.267 e. The Morgan fingerprint density at radius 2 is 1.39 bits per heavy atom. The molecule has 0 radical (unpaired) electrons. The van der Waals surface area contributed by atoms with Gasteiger partial charge in [-0.25, -0.2) is 32.5 Å². The minimum Gasteiger partial charge on any atom is -0.288 e. The molecule has 0 spiro atoms. The zero-order valence-electron chi connectivity index (χ0n) is 26.2. The van der Waals surface area contributed by atoms with Gasteiger partial charge in [-0.2, -0.15) is 0 Å². The topological polar surface area (TPSA) is 191 Å². The number of nitrogens with one attached hydrogen (secondary N) is 4. The van der Waals surface area contributed by atoms with Crippen molar-refractivity contribution in [3.05, 3.63) is 144 Å². The lowest BCUT2D eigenvalue weighted by Crippen LogP contribution is -2.26. The van der Waals surface area contributed by atoms with Crippen molar-refractivity contribution >= 4 is 43.6 Å². The highest BCUT2D eigenvalue weighted by atomic mass is 32.2. The van der Waals surface area contributed by atoms with Crippen LogP contribution in [0.4, 0.5) is 5.69 Å². The fourth-order valence-corrected chi connectivity index (χ4v) is 6.18. The summed E-state index contributed by atoms with van der Waals surface area (Å²) in [7, 11) is -7.36. The molecule has 0 aromatic heterocycles. The molecule has 2 amide bonds. The quantitative estimate of drug-likeness (QED) is 0.0586. The van der Waals surface area contributed by atoms with Crippen molar-refractivity contribution in [1.29, 1.82) is 0 Å². The van der Waals surface area contributed by atoms with Gasteiger partial charge in [0, 0.05) is 29.9 Å². The second kappa shape index (κ2) is 18.7. The molecule has 49 heavy (non-hydrogen) atoms. The molecule has 4 aromatic carbocycles. The summed E-state index contributed by atoms with van der Waals surface area (Å²) >= 11 is 0. The van der Waals surface area contributed by atoms with E-state index in [9.17, 15) is 26.4 Å². The van der Waals surface area contributed by atoms with Gasteiger partial charge in [0.2, 0.25) is 10.0 Å². The Morgan fingerprint density at radius 1 is 0.735 bits per heavy atom. The van der Waals surface area contributed by atoms with Crippen molar-refractivity contribution in [2.45, 2.75) is 23.1 Å². The van der Waals surface area contributed by atoms with Crippen molar-refractivity contribution in [2.75, 3.05) is 11.3 Å². The first kappa shape index (κ1) is 37.9. The molecule has 0 atom stereocenters. The van der Waals surface area contributed by atoms with Crippen LogP contribution in [0.25, 0.3) is 6.08 Å². The molecule has 0 aliphatic rings. The third-order valence-corrected chi connectivity index (χ3v) is 9.15. The van der Waals surface area contributed by atoms with Gasteiger partial charge in [-0.1, -0.05) is 72.5 Å². The van der Waals surface area contributed by atoms with Crippen LogP contribution in [-0.2, 0) is 36.1 Å². The number of benzene rings is 4. The Kier molecular flexibility index (Phi) is 14.5. The summed E-state index contributed by atoms with van der Waals surface area (Å²) in [5, 5.41) is 16.8. The molecule has 6 N–H and O–H groups in total. The molecule has 14 heteroatoms. The lowest BCUT2D eigenvalue weighted by atomic mass is 10.2. The van der Waals surface area contributed by atoms with Crippen LogP contribution in [0, 0.1) is 18.8 Å². The largest absolute Gasteiger partial charge is 0.288 e. The van der Waals surface area contributed by atoms with Crippen molar-refractivity contribution in [3.8, 4) is 11.8 Å². The molecule has 0 saturated heterocycles. The zero-order chi connectivity index (χ0) is 35.7. The van der Waals surface area contributed by atoms with E-state index in [1.165, 1.54) is 47.4 Å². The lowest BCUT2D eigenvalue weighted by molar-refractivity contribution is -0.124. The summed E-state index contributed by atoms with van der Waals surface area (Å²) < 4.78 is 54.6. The Hall–Kier alpha value is -5.56. The lowest BCUT2D eigenvalue weighted by Gasteiger charge is -2.09. The molecule has 0 fully saturated rings. The molecule has 4 aromatic rings. The SMILES string of the molecule is Cc1cccc(NS(=O)(=O)c2cccc(C#C/C=C/C(=O)NO)c2)c1.O=C(/C=C/c1cccc(S(=O)(=O)NCCc2ccccc2)c1)NO. The summed E-state index contributed by atoms with van der Waals surface area (Å²) in [6, 6.07) is 29.0. The van der Waals surface area contributed by atoms with Crippen LogP contribution in [-0.4, -0.2) is 45.6 Å². The number of hydroxylamine groups is 2. The molecule has 254 valence electrons. The van der Waals surface area contributed by atoms with E-state index in [-0.39, 0.29) is 9.79 Å². The molecule has 4 rings (SSSR count). The number of hydrogen-bond acceptors (Lipinski definition) is 8. The first-order valence-electron chi connectivity index (χ1n) is 14.5.